The number of carboxylic acids is 2. The lowest BCUT2D eigenvalue weighted by Gasteiger charge is -2.06. The average Bonchev–Trinajstić information content (AvgIpc) is 2.21. The fourth-order valence-corrected chi connectivity index (χ4v) is 2.94. The van der Waals surface area contributed by atoms with E-state index in [2.05, 4.69) is 0 Å². The minimum atomic E-state index is -1.00. The Labute approximate surface area is 102 Å². The van der Waals surface area contributed by atoms with E-state index in [4.69, 9.17) is 21.7 Å². The predicted octanol–water partition coefficient (Wildman–Crippen LogP) is -0.0282. The quantitative estimate of drug-likeness (QED) is 0.339. The molecule has 0 heterocycles. The molecular weight excluding hydrogens is 252 g/mol. The molecule has 0 spiro atoms. The smallest absolute Gasteiger partial charge is 0.320 e. The van der Waals surface area contributed by atoms with Crippen LogP contribution in [0.1, 0.15) is 12.8 Å². The number of carbonyl (C=O) groups is 2. The second kappa shape index (κ2) is 8.68. The Hall–Kier alpha value is -0.440. The molecule has 0 aliphatic heterocycles. The van der Waals surface area contributed by atoms with Crippen LogP contribution in [0.2, 0.25) is 0 Å². The molecule has 0 radical (unpaired) electrons. The van der Waals surface area contributed by atoms with Crippen LogP contribution in [0.5, 0.6) is 0 Å². The highest BCUT2D eigenvalue weighted by molar-refractivity contribution is 8.76. The number of carboxylic acid groups (broad SMARTS) is 2. The molecule has 6 N–H and O–H groups in total. The third-order valence-electron chi connectivity index (χ3n) is 1.74. The van der Waals surface area contributed by atoms with E-state index in [1.54, 1.807) is 0 Å². The normalized spacial score (nSPS) is 14.4. The van der Waals surface area contributed by atoms with E-state index in [9.17, 15) is 9.59 Å². The van der Waals surface area contributed by atoms with Gasteiger partial charge in [0.25, 0.3) is 0 Å². The second-order valence-electron chi connectivity index (χ2n) is 3.11. The predicted molar refractivity (Wildman–Crippen MR) is 65.4 cm³/mol. The Morgan fingerprint density at radius 2 is 1.25 bits per heavy atom. The lowest BCUT2D eigenvalue weighted by atomic mass is 10.2. The van der Waals surface area contributed by atoms with Gasteiger partial charge >= 0.3 is 11.9 Å². The van der Waals surface area contributed by atoms with Gasteiger partial charge in [-0.2, -0.15) is 0 Å². The lowest BCUT2D eigenvalue weighted by molar-refractivity contribution is -0.139. The first-order valence-electron chi connectivity index (χ1n) is 4.66. The SMILES string of the molecule is N[C@H](CCSSCC[C@H](N)C(=O)O)C(=O)O. The summed E-state index contributed by atoms with van der Waals surface area (Å²) in [6.45, 7) is 0. The molecule has 0 rings (SSSR count). The number of rotatable bonds is 9. The van der Waals surface area contributed by atoms with Crippen LogP contribution >= 0.6 is 21.6 Å². The molecule has 0 aromatic rings. The van der Waals surface area contributed by atoms with Crippen LogP contribution in [0, 0.1) is 0 Å². The zero-order valence-corrected chi connectivity index (χ0v) is 10.3. The minimum Gasteiger partial charge on any atom is -0.480 e. The van der Waals surface area contributed by atoms with Gasteiger partial charge in [0.1, 0.15) is 12.1 Å². The molecule has 8 heteroatoms. The van der Waals surface area contributed by atoms with E-state index in [1.807, 2.05) is 0 Å². The lowest BCUT2D eigenvalue weighted by Crippen LogP contribution is -2.30. The zero-order chi connectivity index (χ0) is 12.6. The van der Waals surface area contributed by atoms with Crippen molar-refractivity contribution in [3.8, 4) is 0 Å². The van der Waals surface area contributed by atoms with Gasteiger partial charge in [-0.15, -0.1) is 0 Å². The Bertz CT molecular complexity index is 216. The van der Waals surface area contributed by atoms with Crippen molar-refractivity contribution in [2.75, 3.05) is 11.5 Å². The molecular formula is C8H16N2O4S2. The first-order chi connectivity index (χ1) is 7.45. The molecule has 94 valence electrons. The van der Waals surface area contributed by atoms with E-state index in [1.165, 1.54) is 21.6 Å². The van der Waals surface area contributed by atoms with E-state index < -0.39 is 24.0 Å². The number of aliphatic carboxylic acids is 2. The van der Waals surface area contributed by atoms with Crippen LogP contribution in [0.15, 0.2) is 0 Å². The van der Waals surface area contributed by atoms with Crippen molar-refractivity contribution in [2.24, 2.45) is 11.5 Å². The van der Waals surface area contributed by atoms with Gasteiger partial charge in [0.15, 0.2) is 0 Å². The minimum absolute atomic E-state index is 0.401. The Kier molecular flexibility index (Phi) is 8.44. The van der Waals surface area contributed by atoms with Gasteiger partial charge in [-0.1, -0.05) is 21.6 Å². The molecule has 0 saturated carbocycles. The van der Waals surface area contributed by atoms with E-state index in [-0.39, 0.29) is 0 Å². The van der Waals surface area contributed by atoms with Gasteiger partial charge in [0, 0.05) is 11.5 Å². The fraction of sp³-hybridized carbons (Fsp3) is 0.750. The van der Waals surface area contributed by atoms with Crippen LogP contribution in [0.25, 0.3) is 0 Å². The zero-order valence-electron chi connectivity index (χ0n) is 8.67. The molecule has 6 nitrogen and oxygen atoms in total. The number of hydrogen-bond acceptors (Lipinski definition) is 6. The van der Waals surface area contributed by atoms with Crippen LogP contribution in [0.4, 0.5) is 0 Å². The monoisotopic (exact) mass is 268 g/mol. The van der Waals surface area contributed by atoms with Gasteiger partial charge in [0.05, 0.1) is 0 Å². The summed E-state index contributed by atoms with van der Waals surface area (Å²) in [6.07, 6.45) is 0.802. The van der Waals surface area contributed by atoms with Gasteiger partial charge in [0.2, 0.25) is 0 Å². The van der Waals surface area contributed by atoms with Crippen molar-refractivity contribution in [1.29, 1.82) is 0 Å². The topological polar surface area (TPSA) is 127 Å². The standard InChI is InChI=1S/C8H16N2O4S2/c9-5(7(11)12)1-3-15-16-4-2-6(10)8(13)14/h5-6H,1-4,9-10H2,(H,11,12)(H,13,14)/t5-,6+. The van der Waals surface area contributed by atoms with Crippen molar-refractivity contribution < 1.29 is 19.8 Å². The Balaban J connectivity index is 3.34. The van der Waals surface area contributed by atoms with Crippen molar-refractivity contribution >= 4 is 33.5 Å². The average molecular weight is 268 g/mol. The highest BCUT2D eigenvalue weighted by atomic mass is 33.1. The van der Waals surface area contributed by atoms with Crippen molar-refractivity contribution in [1.82, 2.24) is 0 Å². The molecule has 2 atom stereocenters. The summed E-state index contributed by atoms with van der Waals surface area (Å²) >= 11 is 0. The summed E-state index contributed by atoms with van der Waals surface area (Å²) in [4.78, 5) is 20.7. The highest BCUT2D eigenvalue weighted by Gasteiger charge is 2.12. The van der Waals surface area contributed by atoms with Gasteiger partial charge in [-0.25, -0.2) is 0 Å². The summed E-state index contributed by atoms with van der Waals surface area (Å²) in [5, 5.41) is 17.0. The summed E-state index contributed by atoms with van der Waals surface area (Å²) < 4.78 is 0. The Morgan fingerprint density at radius 1 is 0.938 bits per heavy atom. The van der Waals surface area contributed by atoms with Crippen LogP contribution in [0.3, 0.4) is 0 Å². The van der Waals surface area contributed by atoms with Gasteiger partial charge < -0.3 is 21.7 Å². The molecule has 0 aromatic carbocycles. The van der Waals surface area contributed by atoms with Gasteiger partial charge in [-0.3, -0.25) is 9.59 Å². The van der Waals surface area contributed by atoms with Crippen molar-refractivity contribution in [2.45, 2.75) is 24.9 Å². The fourth-order valence-electron chi connectivity index (χ4n) is 0.715. The molecule has 0 unspecified atom stereocenters. The molecule has 0 saturated heterocycles. The van der Waals surface area contributed by atoms with E-state index in [0.29, 0.717) is 24.3 Å². The molecule has 0 aliphatic rings. The third kappa shape index (κ3) is 7.80. The molecule has 0 aliphatic carbocycles. The van der Waals surface area contributed by atoms with Gasteiger partial charge in [-0.05, 0) is 12.8 Å². The summed E-state index contributed by atoms with van der Waals surface area (Å²) in [7, 11) is 2.96. The second-order valence-corrected chi connectivity index (χ2v) is 5.81. The maximum Gasteiger partial charge on any atom is 0.320 e. The summed E-state index contributed by atoms with van der Waals surface area (Å²) in [6, 6.07) is -1.65. The van der Waals surface area contributed by atoms with Crippen LogP contribution in [-0.4, -0.2) is 45.7 Å². The first kappa shape index (κ1) is 15.6. The van der Waals surface area contributed by atoms with Crippen LogP contribution < -0.4 is 11.5 Å². The maximum atomic E-state index is 10.4. The Morgan fingerprint density at radius 3 is 1.50 bits per heavy atom. The molecule has 0 amide bonds. The molecule has 0 aromatic heterocycles. The molecule has 0 bridgehead atoms. The molecule has 16 heavy (non-hydrogen) atoms. The number of nitrogens with two attached hydrogens (primary N) is 2. The van der Waals surface area contributed by atoms with Crippen molar-refractivity contribution in [3.05, 3.63) is 0 Å². The third-order valence-corrected chi connectivity index (χ3v) is 4.21. The van der Waals surface area contributed by atoms with E-state index in [0.717, 1.165) is 0 Å². The first-order valence-corrected chi connectivity index (χ1v) is 7.15. The van der Waals surface area contributed by atoms with Crippen molar-refractivity contribution in [3.63, 3.8) is 0 Å². The summed E-state index contributed by atoms with van der Waals surface area (Å²) in [5.41, 5.74) is 10.6. The molecule has 0 fully saturated rings. The largest absolute Gasteiger partial charge is 0.480 e. The summed E-state index contributed by atoms with van der Waals surface area (Å²) in [5.74, 6) is -0.752. The number of hydrogen-bond donors (Lipinski definition) is 4. The van der Waals surface area contributed by atoms with E-state index >= 15 is 0 Å². The van der Waals surface area contributed by atoms with Crippen LogP contribution in [-0.2, 0) is 9.59 Å². The maximum absolute atomic E-state index is 10.4. The highest BCUT2D eigenvalue weighted by Crippen LogP contribution is 2.23.